The predicted molar refractivity (Wildman–Crippen MR) is 95.1 cm³/mol. The average molecular weight is 330 g/mol. The summed E-state index contributed by atoms with van der Waals surface area (Å²) >= 11 is 6.06. The fraction of sp³-hybridized carbons (Fsp3) is 0.333. The van der Waals surface area contributed by atoms with Crippen molar-refractivity contribution in [3.63, 3.8) is 0 Å². The smallest absolute Gasteiger partial charge is 0.254 e. The molecule has 0 aliphatic rings. The molecule has 3 aromatic rings. The number of fused-ring (bicyclic) bond motifs is 3. The van der Waals surface area contributed by atoms with Crippen molar-refractivity contribution in [3.05, 3.63) is 41.0 Å². The van der Waals surface area contributed by atoms with Gasteiger partial charge in [-0.15, -0.1) is 0 Å². The van der Waals surface area contributed by atoms with Gasteiger partial charge in [-0.05, 0) is 52.0 Å². The summed E-state index contributed by atoms with van der Waals surface area (Å²) in [5.41, 5.74) is 2.41. The summed E-state index contributed by atoms with van der Waals surface area (Å²) < 4.78 is 0. The fourth-order valence-corrected chi connectivity index (χ4v) is 3.25. The number of carbonyl (C=O) groups excluding carboxylic acids is 1. The molecule has 4 nitrogen and oxygen atoms in total. The quantitative estimate of drug-likeness (QED) is 0.761. The second-order valence-corrected chi connectivity index (χ2v) is 6.77. The SMILES string of the molecule is CC(C)N(C(=O)c1ccc2[nH]c3ncc(Cl)cc3c2c1)C(C)C. The predicted octanol–water partition coefficient (Wildman–Crippen LogP) is 4.63. The minimum atomic E-state index is 0.0428. The van der Waals surface area contributed by atoms with Crippen molar-refractivity contribution in [1.29, 1.82) is 0 Å². The van der Waals surface area contributed by atoms with Gasteiger partial charge in [0, 0.05) is 40.1 Å². The zero-order valence-electron chi connectivity index (χ0n) is 13.7. The Kier molecular flexibility index (Phi) is 4.02. The second-order valence-electron chi connectivity index (χ2n) is 6.33. The minimum Gasteiger partial charge on any atom is -0.339 e. The number of amides is 1. The summed E-state index contributed by atoms with van der Waals surface area (Å²) in [7, 11) is 0. The number of nitrogens with zero attached hydrogens (tertiary/aromatic N) is 2. The van der Waals surface area contributed by atoms with Crippen molar-refractivity contribution < 1.29 is 4.79 Å². The molecule has 0 atom stereocenters. The first-order valence-corrected chi connectivity index (χ1v) is 8.16. The van der Waals surface area contributed by atoms with Crippen LogP contribution in [0.4, 0.5) is 0 Å². The van der Waals surface area contributed by atoms with E-state index in [1.54, 1.807) is 6.20 Å². The number of aromatic nitrogens is 2. The molecule has 120 valence electrons. The highest BCUT2D eigenvalue weighted by molar-refractivity contribution is 6.31. The second kappa shape index (κ2) is 5.85. The highest BCUT2D eigenvalue weighted by atomic mass is 35.5. The van der Waals surface area contributed by atoms with E-state index in [0.717, 1.165) is 21.9 Å². The van der Waals surface area contributed by atoms with Gasteiger partial charge in [-0.2, -0.15) is 0 Å². The molecule has 0 saturated heterocycles. The van der Waals surface area contributed by atoms with E-state index in [1.165, 1.54) is 0 Å². The molecule has 0 unspecified atom stereocenters. The molecule has 1 N–H and O–H groups in total. The lowest BCUT2D eigenvalue weighted by atomic mass is 10.1. The van der Waals surface area contributed by atoms with Crippen LogP contribution < -0.4 is 0 Å². The Morgan fingerprint density at radius 2 is 1.83 bits per heavy atom. The van der Waals surface area contributed by atoms with Gasteiger partial charge in [0.25, 0.3) is 5.91 Å². The molecule has 1 aromatic carbocycles. The zero-order valence-corrected chi connectivity index (χ0v) is 14.5. The lowest BCUT2D eigenvalue weighted by Crippen LogP contribution is -2.42. The molecule has 0 aliphatic carbocycles. The van der Waals surface area contributed by atoms with Gasteiger partial charge in [0.05, 0.1) is 5.02 Å². The molecule has 0 saturated carbocycles. The first-order chi connectivity index (χ1) is 10.9. The van der Waals surface area contributed by atoms with Gasteiger partial charge >= 0.3 is 0 Å². The summed E-state index contributed by atoms with van der Waals surface area (Å²) in [6.07, 6.45) is 1.62. The Hall–Kier alpha value is -2.07. The summed E-state index contributed by atoms with van der Waals surface area (Å²) in [5.74, 6) is 0.0428. The van der Waals surface area contributed by atoms with Crippen LogP contribution in [-0.2, 0) is 0 Å². The molecule has 0 aliphatic heterocycles. The van der Waals surface area contributed by atoms with E-state index in [-0.39, 0.29) is 18.0 Å². The monoisotopic (exact) mass is 329 g/mol. The zero-order chi connectivity index (χ0) is 16.7. The maximum Gasteiger partial charge on any atom is 0.254 e. The van der Waals surface area contributed by atoms with Crippen LogP contribution >= 0.6 is 11.6 Å². The van der Waals surface area contributed by atoms with Gasteiger partial charge in [-0.3, -0.25) is 4.79 Å². The molecule has 0 spiro atoms. The van der Waals surface area contributed by atoms with Crippen LogP contribution in [0.5, 0.6) is 0 Å². The first-order valence-electron chi connectivity index (χ1n) is 7.78. The van der Waals surface area contributed by atoms with Crippen molar-refractivity contribution in [2.45, 2.75) is 39.8 Å². The molecule has 0 bridgehead atoms. The van der Waals surface area contributed by atoms with E-state index in [0.29, 0.717) is 10.6 Å². The third-order valence-corrected chi connectivity index (χ3v) is 4.22. The minimum absolute atomic E-state index is 0.0428. The summed E-state index contributed by atoms with van der Waals surface area (Å²) in [6.45, 7) is 8.13. The van der Waals surface area contributed by atoms with Gasteiger partial charge < -0.3 is 9.88 Å². The van der Waals surface area contributed by atoms with Crippen LogP contribution in [-0.4, -0.2) is 32.9 Å². The van der Waals surface area contributed by atoms with Crippen LogP contribution in [0.3, 0.4) is 0 Å². The number of hydrogen-bond donors (Lipinski definition) is 1. The number of aromatic amines is 1. The van der Waals surface area contributed by atoms with Gasteiger partial charge in [0.15, 0.2) is 0 Å². The molecule has 2 aromatic heterocycles. The van der Waals surface area contributed by atoms with Crippen LogP contribution in [0.15, 0.2) is 30.5 Å². The van der Waals surface area contributed by atoms with Crippen molar-refractivity contribution in [1.82, 2.24) is 14.9 Å². The molecular formula is C18H20ClN3O. The molecule has 0 radical (unpaired) electrons. The van der Waals surface area contributed by atoms with E-state index < -0.39 is 0 Å². The van der Waals surface area contributed by atoms with E-state index in [9.17, 15) is 4.79 Å². The molecule has 3 rings (SSSR count). The summed E-state index contributed by atoms with van der Waals surface area (Å²) in [6, 6.07) is 7.89. The fourth-order valence-electron chi connectivity index (χ4n) is 3.10. The van der Waals surface area contributed by atoms with E-state index in [2.05, 4.69) is 9.97 Å². The van der Waals surface area contributed by atoms with Crippen molar-refractivity contribution >= 4 is 39.4 Å². The lowest BCUT2D eigenvalue weighted by molar-refractivity contribution is 0.0644. The van der Waals surface area contributed by atoms with Gasteiger partial charge in [-0.1, -0.05) is 11.6 Å². The number of hydrogen-bond acceptors (Lipinski definition) is 2. The Morgan fingerprint density at radius 3 is 2.48 bits per heavy atom. The number of rotatable bonds is 3. The van der Waals surface area contributed by atoms with Crippen LogP contribution in [0.1, 0.15) is 38.1 Å². The molecular weight excluding hydrogens is 310 g/mol. The number of halogens is 1. The van der Waals surface area contributed by atoms with Gasteiger partial charge in [0.1, 0.15) is 5.65 Å². The van der Waals surface area contributed by atoms with E-state index >= 15 is 0 Å². The Labute approximate surface area is 140 Å². The van der Waals surface area contributed by atoms with E-state index in [4.69, 9.17) is 11.6 Å². The van der Waals surface area contributed by atoms with Crippen molar-refractivity contribution in [2.24, 2.45) is 0 Å². The van der Waals surface area contributed by atoms with Crippen molar-refractivity contribution in [3.8, 4) is 0 Å². The topological polar surface area (TPSA) is 49.0 Å². The highest BCUT2D eigenvalue weighted by Crippen LogP contribution is 2.27. The molecule has 2 heterocycles. The third kappa shape index (κ3) is 2.79. The Morgan fingerprint density at radius 1 is 1.13 bits per heavy atom. The number of benzene rings is 1. The molecule has 0 fully saturated rings. The highest BCUT2D eigenvalue weighted by Gasteiger charge is 2.22. The Balaban J connectivity index is 2.13. The number of nitrogens with one attached hydrogen (secondary N) is 1. The van der Waals surface area contributed by atoms with Crippen LogP contribution in [0.25, 0.3) is 21.9 Å². The molecule has 23 heavy (non-hydrogen) atoms. The number of H-pyrrole nitrogens is 1. The van der Waals surface area contributed by atoms with Crippen molar-refractivity contribution in [2.75, 3.05) is 0 Å². The molecule has 1 amide bonds. The Bertz CT molecular complexity index is 874. The average Bonchev–Trinajstić information content (AvgIpc) is 2.83. The maximum absolute atomic E-state index is 12.9. The normalized spacial score (nSPS) is 11.8. The standard InChI is InChI=1S/C18H20ClN3O/c1-10(2)22(11(3)4)18(23)12-5-6-16-14(7-12)15-8-13(19)9-20-17(15)21-16/h5-11H,1-4H3,(H,20,21). The first kappa shape index (κ1) is 15.8. The lowest BCUT2D eigenvalue weighted by Gasteiger charge is -2.30. The largest absolute Gasteiger partial charge is 0.339 e. The van der Waals surface area contributed by atoms with Crippen LogP contribution in [0.2, 0.25) is 5.02 Å². The third-order valence-electron chi connectivity index (χ3n) is 4.01. The maximum atomic E-state index is 12.9. The molecule has 5 heteroatoms. The van der Waals surface area contributed by atoms with E-state index in [1.807, 2.05) is 56.9 Å². The summed E-state index contributed by atoms with van der Waals surface area (Å²) in [4.78, 5) is 22.3. The van der Waals surface area contributed by atoms with Crippen LogP contribution in [0, 0.1) is 0 Å². The van der Waals surface area contributed by atoms with Gasteiger partial charge in [0.2, 0.25) is 0 Å². The number of carbonyl (C=O) groups is 1. The number of pyridine rings is 1. The van der Waals surface area contributed by atoms with Gasteiger partial charge in [-0.25, -0.2) is 4.98 Å². The summed E-state index contributed by atoms with van der Waals surface area (Å²) in [5, 5.41) is 2.48.